The smallest absolute Gasteiger partial charge is 0.262 e. The van der Waals surface area contributed by atoms with E-state index >= 15 is 0 Å². The Morgan fingerprint density at radius 3 is 2.81 bits per heavy atom. The summed E-state index contributed by atoms with van der Waals surface area (Å²) < 4.78 is 12.4. The van der Waals surface area contributed by atoms with E-state index in [1.54, 1.807) is 6.07 Å². The zero-order valence-corrected chi connectivity index (χ0v) is 22.2. The second-order valence-electron chi connectivity index (χ2n) is 9.15. The highest BCUT2D eigenvalue weighted by Crippen LogP contribution is 2.43. The predicted octanol–water partition coefficient (Wildman–Crippen LogP) is 3.98. The van der Waals surface area contributed by atoms with Crippen molar-refractivity contribution in [3.63, 3.8) is 0 Å². The maximum Gasteiger partial charge on any atom is 0.262 e. The van der Waals surface area contributed by atoms with Gasteiger partial charge in [0.05, 0.1) is 34.1 Å². The zero-order chi connectivity index (χ0) is 25.3. The lowest BCUT2D eigenvalue weighted by Crippen LogP contribution is -2.62. The standard InChI is InChI=1S/C25H26BrN5O4S/c1-15-12-16(2-4-18(15)31-9-11-34-10-8-22(31)28-14-27)29-24(33)25(13-17-3-6-20(25)35-17)30-23(32)19-5-7-21(26)36-19/h2,4-5,7,12,17,20H,3,6,8-11,13H2,1H3,(H,29,33)(H,30,32)/b28-22-. The number of nitrogens with one attached hydrogen (secondary N) is 2. The van der Waals surface area contributed by atoms with Crippen LogP contribution >= 0.6 is 27.3 Å². The molecule has 3 aliphatic heterocycles. The number of fused-ring (bicyclic) bond motifs is 2. The molecule has 3 fully saturated rings. The number of halogens is 1. The summed E-state index contributed by atoms with van der Waals surface area (Å²) in [6, 6.07) is 9.19. The zero-order valence-electron chi connectivity index (χ0n) is 19.8. The maximum atomic E-state index is 13.7. The van der Waals surface area contributed by atoms with Crippen molar-refractivity contribution >= 4 is 56.3 Å². The summed E-state index contributed by atoms with van der Waals surface area (Å²) in [5.41, 5.74) is 1.33. The van der Waals surface area contributed by atoms with Gasteiger partial charge in [-0.1, -0.05) is 0 Å². The molecule has 9 nitrogen and oxygen atoms in total. The molecule has 2 N–H and O–H groups in total. The highest BCUT2D eigenvalue weighted by atomic mass is 79.9. The van der Waals surface area contributed by atoms with Crippen molar-refractivity contribution in [2.75, 3.05) is 30.0 Å². The molecule has 3 aliphatic rings. The highest BCUT2D eigenvalue weighted by Gasteiger charge is 2.58. The maximum absolute atomic E-state index is 13.7. The van der Waals surface area contributed by atoms with Gasteiger partial charge < -0.3 is 25.0 Å². The molecule has 0 saturated carbocycles. The first-order valence-electron chi connectivity index (χ1n) is 11.9. The summed E-state index contributed by atoms with van der Waals surface area (Å²) in [6.07, 6.45) is 4.09. The number of carbonyl (C=O) groups excluding carboxylic acids is 2. The summed E-state index contributed by atoms with van der Waals surface area (Å²) in [5.74, 6) is 0.104. The summed E-state index contributed by atoms with van der Waals surface area (Å²) in [5, 5.41) is 15.2. The average Bonchev–Trinajstić information content (AvgIpc) is 3.54. The Bertz CT molecular complexity index is 1260. The van der Waals surface area contributed by atoms with E-state index in [0.29, 0.717) is 49.0 Å². The van der Waals surface area contributed by atoms with Gasteiger partial charge in [0.15, 0.2) is 0 Å². The minimum Gasteiger partial charge on any atom is -0.379 e. The molecule has 3 unspecified atom stereocenters. The molecule has 0 spiro atoms. The second-order valence-corrected chi connectivity index (χ2v) is 11.6. The Balaban J connectivity index is 1.37. The molecule has 188 valence electrons. The molecule has 4 heterocycles. The van der Waals surface area contributed by atoms with Crippen molar-refractivity contribution in [3.8, 4) is 6.19 Å². The number of aryl methyl sites for hydroxylation is 1. The van der Waals surface area contributed by atoms with Crippen LogP contribution in [0.25, 0.3) is 0 Å². The largest absolute Gasteiger partial charge is 0.379 e. The molecular formula is C25H26BrN5O4S. The number of benzene rings is 1. The number of hydrogen-bond acceptors (Lipinski definition) is 7. The van der Waals surface area contributed by atoms with E-state index in [2.05, 4.69) is 31.6 Å². The average molecular weight is 572 g/mol. The van der Waals surface area contributed by atoms with Crippen LogP contribution in [0.4, 0.5) is 11.4 Å². The van der Waals surface area contributed by atoms with E-state index in [9.17, 15) is 9.59 Å². The van der Waals surface area contributed by atoms with Gasteiger partial charge in [-0.3, -0.25) is 9.59 Å². The van der Waals surface area contributed by atoms with E-state index in [0.717, 1.165) is 27.9 Å². The van der Waals surface area contributed by atoms with Crippen LogP contribution in [-0.2, 0) is 14.3 Å². The van der Waals surface area contributed by atoms with Crippen molar-refractivity contribution in [1.29, 1.82) is 5.26 Å². The van der Waals surface area contributed by atoms with Crippen molar-refractivity contribution in [2.24, 2.45) is 4.99 Å². The van der Waals surface area contributed by atoms with Crippen molar-refractivity contribution < 1.29 is 19.1 Å². The molecule has 11 heteroatoms. The number of thiophene rings is 1. The third-order valence-corrected chi connectivity index (χ3v) is 8.53. The molecule has 2 bridgehead atoms. The fourth-order valence-corrected chi connectivity index (χ4v) is 6.52. The highest BCUT2D eigenvalue weighted by molar-refractivity contribution is 9.11. The fourth-order valence-electron chi connectivity index (χ4n) is 5.23. The molecule has 36 heavy (non-hydrogen) atoms. The van der Waals surface area contributed by atoms with Gasteiger partial charge in [-0.05, 0) is 71.6 Å². The third kappa shape index (κ3) is 4.78. The molecule has 0 radical (unpaired) electrons. The number of rotatable bonds is 5. The summed E-state index contributed by atoms with van der Waals surface area (Å²) >= 11 is 4.72. The van der Waals surface area contributed by atoms with E-state index in [-0.39, 0.29) is 24.0 Å². The SMILES string of the molecule is Cc1cc(NC(=O)C2(NC(=O)c3ccc(Br)s3)CC3CCC2O3)ccc1N1CCOCC/C1=N/C#N. The van der Waals surface area contributed by atoms with Gasteiger partial charge in [0.1, 0.15) is 11.4 Å². The molecule has 1 aromatic carbocycles. The summed E-state index contributed by atoms with van der Waals surface area (Å²) in [4.78, 5) is 33.2. The third-order valence-electron chi connectivity index (χ3n) is 6.91. The number of aliphatic imine (C=N–C) groups is 1. The van der Waals surface area contributed by atoms with Crippen LogP contribution < -0.4 is 15.5 Å². The fraction of sp³-hybridized carbons (Fsp3) is 0.440. The quantitative estimate of drug-likeness (QED) is 0.524. The van der Waals surface area contributed by atoms with Gasteiger partial charge in [0.2, 0.25) is 6.19 Å². The minimum atomic E-state index is -1.13. The Labute approximate surface area is 221 Å². The number of nitriles is 1. The molecule has 3 saturated heterocycles. The molecular weight excluding hydrogens is 546 g/mol. The number of amidine groups is 1. The Morgan fingerprint density at radius 2 is 2.14 bits per heavy atom. The van der Waals surface area contributed by atoms with Crippen LogP contribution in [0.2, 0.25) is 0 Å². The van der Waals surface area contributed by atoms with Gasteiger partial charge in [0.25, 0.3) is 11.8 Å². The summed E-state index contributed by atoms with van der Waals surface area (Å²) in [6.45, 7) is 3.59. The Kier molecular flexibility index (Phi) is 7.12. The van der Waals surface area contributed by atoms with Crippen LogP contribution in [-0.4, -0.2) is 55.2 Å². The van der Waals surface area contributed by atoms with Crippen LogP contribution in [0.1, 0.15) is 40.9 Å². The van der Waals surface area contributed by atoms with E-state index in [1.165, 1.54) is 11.3 Å². The van der Waals surface area contributed by atoms with Crippen LogP contribution in [0.15, 0.2) is 39.1 Å². The summed E-state index contributed by atoms with van der Waals surface area (Å²) in [7, 11) is 0. The van der Waals surface area contributed by atoms with Gasteiger partial charge in [-0.2, -0.15) is 10.3 Å². The normalized spacial score (nSPS) is 26.5. The van der Waals surface area contributed by atoms with E-state index < -0.39 is 5.54 Å². The number of anilines is 2. The van der Waals surface area contributed by atoms with Crippen LogP contribution in [0.5, 0.6) is 0 Å². The monoisotopic (exact) mass is 571 g/mol. The van der Waals surface area contributed by atoms with E-state index in [1.807, 2.05) is 42.3 Å². The lowest BCUT2D eigenvalue weighted by atomic mass is 9.80. The van der Waals surface area contributed by atoms with Gasteiger partial charge in [0, 0.05) is 30.8 Å². The molecule has 2 amide bonds. The Morgan fingerprint density at radius 1 is 1.28 bits per heavy atom. The molecule has 1 aromatic heterocycles. The van der Waals surface area contributed by atoms with Crippen molar-refractivity contribution in [2.45, 2.75) is 50.4 Å². The first-order chi connectivity index (χ1) is 17.4. The van der Waals surface area contributed by atoms with Gasteiger partial charge in [-0.15, -0.1) is 11.3 Å². The van der Waals surface area contributed by atoms with Crippen molar-refractivity contribution in [3.05, 3.63) is 44.6 Å². The number of nitrogens with zero attached hydrogens (tertiary/aromatic N) is 3. The van der Waals surface area contributed by atoms with Crippen LogP contribution in [0, 0.1) is 18.4 Å². The van der Waals surface area contributed by atoms with Crippen LogP contribution in [0.3, 0.4) is 0 Å². The minimum absolute atomic E-state index is 0.0386. The first-order valence-corrected chi connectivity index (χ1v) is 13.5. The lowest BCUT2D eigenvalue weighted by molar-refractivity contribution is -0.124. The molecule has 3 atom stereocenters. The lowest BCUT2D eigenvalue weighted by Gasteiger charge is -2.34. The van der Waals surface area contributed by atoms with Crippen molar-refractivity contribution in [1.82, 2.24) is 5.32 Å². The second kappa shape index (κ2) is 10.3. The number of carbonyl (C=O) groups is 2. The number of ether oxygens (including phenoxy) is 2. The van der Waals surface area contributed by atoms with Gasteiger partial charge >= 0.3 is 0 Å². The van der Waals surface area contributed by atoms with Gasteiger partial charge in [-0.25, -0.2) is 0 Å². The van der Waals surface area contributed by atoms with E-state index in [4.69, 9.17) is 14.7 Å². The molecule has 2 aromatic rings. The Hall–Kier alpha value is -2.78. The predicted molar refractivity (Wildman–Crippen MR) is 140 cm³/mol. The molecule has 0 aliphatic carbocycles. The number of amides is 2. The number of hydrogen-bond donors (Lipinski definition) is 2. The topological polar surface area (TPSA) is 116 Å². The first kappa shape index (κ1) is 24.9. The molecule has 5 rings (SSSR count).